The number of carbonyl (C=O) groups is 2. The van der Waals surface area contributed by atoms with Gasteiger partial charge in [0.15, 0.2) is 11.5 Å². The van der Waals surface area contributed by atoms with E-state index in [1.165, 1.54) is 0 Å². The van der Waals surface area contributed by atoms with Crippen LogP contribution in [0.25, 0.3) is 0 Å². The Bertz CT molecular complexity index is 514. The molecule has 2 rings (SSSR count). The summed E-state index contributed by atoms with van der Waals surface area (Å²) in [5, 5.41) is 8.58. The standard InChI is InChI=1S/C10H6BrFO5/c11-7-6(8(13)10(14)15)4(12)3-5-9(7)17-2-1-16-5/h3H,1-2H2,(H,14,15). The van der Waals surface area contributed by atoms with E-state index in [1.54, 1.807) is 0 Å². The van der Waals surface area contributed by atoms with E-state index in [-0.39, 0.29) is 29.2 Å². The first-order valence-corrected chi connectivity index (χ1v) is 5.37. The number of benzene rings is 1. The van der Waals surface area contributed by atoms with E-state index >= 15 is 0 Å². The largest absolute Gasteiger partial charge is 0.486 e. The van der Waals surface area contributed by atoms with E-state index in [0.717, 1.165) is 6.07 Å². The maximum atomic E-state index is 13.6. The van der Waals surface area contributed by atoms with Crippen LogP contribution in [-0.2, 0) is 4.79 Å². The number of ether oxygens (including phenoxy) is 2. The number of aliphatic carboxylic acids is 1. The highest BCUT2D eigenvalue weighted by atomic mass is 79.9. The molecule has 17 heavy (non-hydrogen) atoms. The second kappa shape index (κ2) is 4.33. The van der Waals surface area contributed by atoms with Gasteiger partial charge in [-0.25, -0.2) is 9.18 Å². The van der Waals surface area contributed by atoms with Gasteiger partial charge in [-0.1, -0.05) is 0 Å². The molecule has 0 saturated heterocycles. The average Bonchev–Trinajstić information content (AvgIpc) is 2.28. The number of carbonyl (C=O) groups excluding carboxylic acids is 1. The van der Waals surface area contributed by atoms with Crippen molar-refractivity contribution in [2.24, 2.45) is 0 Å². The summed E-state index contributed by atoms with van der Waals surface area (Å²) >= 11 is 2.96. The number of carboxylic acids is 1. The first kappa shape index (κ1) is 11.8. The van der Waals surface area contributed by atoms with E-state index in [1.807, 2.05) is 0 Å². The van der Waals surface area contributed by atoms with Gasteiger partial charge in [-0.2, -0.15) is 0 Å². The molecular formula is C10H6BrFO5. The topological polar surface area (TPSA) is 72.8 Å². The molecule has 0 fully saturated rings. The normalized spacial score (nSPS) is 13.3. The first-order valence-electron chi connectivity index (χ1n) is 4.57. The summed E-state index contributed by atoms with van der Waals surface area (Å²) in [6.45, 7) is 0.517. The van der Waals surface area contributed by atoms with Crippen molar-refractivity contribution in [3.63, 3.8) is 0 Å². The first-order chi connectivity index (χ1) is 8.02. The number of rotatable bonds is 2. The van der Waals surface area contributed by atoms with E-state index in [9.17, 15) is 14.0 Å². The van der Waals surface area contributed by atoms with Crippen molar-refractivity contribution in [3.8, 4) is 11.5 Å². The molecular weight excluding hydrogens is 299 g/mol. The van der Waals surface area contributed by atoms with Gasteiger partial charge in [0.2, 0.25) is 0 Å². The third-order valence-corrected chi connectivity index (χ3v) is 2.90. The smallest absolute Gasteiger partial charge is 0.377 e. The van der Waals surface area contributed by atoms with Gasteiger partial charge in [0.1, 0.15) is 19.0 Å². The Balaban J connectivity index is 2.61. The third-order valence-electron chi connectivity index (χ3n) is 2.15. The molecule has 0 spiro atoms. The minimum Gasteiger partial charge on any atom is -0.486 e. The van der Waals surface area contributed by atoms with Crippen LogP contribution in [0.3, 0.4) is 0 Å². The van der Waals surface area contributed by atoms with Crippen molar-refractivity contribution in [2.45, 2.75) is 0 Å². The van der Waals surface area contributed by atoms with Gasteiger partial charge in [-0.3, -0.25) is 4.79 Å². The molecule has 5 nitrogen and oxygen atoms in total. The van der Waals surface area contributed by atoms with Crippen LogP contribution in [0.2, 0.25) is 0 Å². The summed E-state index contributed by atoms with van der Waals surface area (Å²) in [6.07, 6.45) is 0. The van der Waals surface area contributed by atoms with Gasteiger partial charge in [-0.15, -0.1) is 0 Å². The van der Waals surface area contributed by atoms with E-state index in [4.69, 9.17) is 14.6 Å². The fourth-order valence-electron chi connectivity index (χ4n) is 1.43. The Morgan fingerprint density at radius 2 is 2.00 bits per heavy atom. The molecule has 0 radical (unpaired) electrons. The Kier molecular flexibility index (Phi) is 3.01. The maximum absolute atomic E-state index is 13.6. The van der Waals surface area contributed by atoms with Gasteiger partial charge in [-0.05, 0) is 15.9 Å². The van der Waals surface area contributed by atoms with Crippen LogP contribution in [0.4, 0.5) is 4.39 Å². The highest BCUT2D eigenvalue weighted by Gasteiger charge is 2.28. The van der Waals surface area contributed by atoms with Crippen molar-refractivity contribution in [1.82, 2.24) is 0 Å². The lowest BCUT2D eigenvalue weighted by Gasteiger charge is -2.20. The molecule has 0 amide bonds. The molecule has 1 heterocycles. The summed E-state index contributed by atoms with van der Waals surface area (Å²) < 4.78 is 23.9. The summed E-state index contributed by atoms with van der Waals surface area (Å²) in [5.41, 5.74) is -0.568. The molecule has 1 aromatic rings. The van der Waals surface area contributed by atoms with Gasteiger partial charge in [0.05, 0.1) is 10.0 Å². The zero-order valence-corrected chi connectivity index (χ0v) is 9.91. The zero-order valence-electron chi connectivity index (χ0n) is 8.33. The molecule has 1 aliphatic rings. The molecule has 90 valence electrons. The van der Waals surface area contributed by atoms with Crippen LogP contribution in [-0.4, -0.2) is 30.1 Å². The lowest BCUT2D eigenvalue weighted by molar-refractivity contribution is -0.131. The lowest BCUT2D eigenvalue weighted by Crippen LogP contribution is -2.20. The molecule has 0 bridgehead atoms. The van der Waals surface area contributed by atoms with E-state index < -0.39 is 23.1 Å². The van der Waals surface area contributed by atoms with Gasteiger partial charge in [0, 0.05) is 6.07 Å². The Hall–Kier alpha value is -1.63. The zero-order chi connectivity index (χ0) is 12.6. The molecule has 1 aliphatic heterocycles. The van der Waals surface area contributed by atoms with Crippen LogP contribution in [0, 0.1) is 5.82 Å². The average molecular weight is 305 g/mol. The Labute approximate surface area is 103 Å². The Morgan fingerprint density at radius 1 is 1.35 bits per heavy atom. The number of ketones is 1. The highest BCUT2D eigenvalue weighted by Crippen LogP contribution is 2.41. The fourth-order valence-corrected chi connectivity index (χ4v) is 2.11. The summed E-state index contributed by atoms with van der Waals surface area (Å²) in [4.78, 5) is 21.9. The summed E-state index contributed by atoms with van der Waals surface area (Å²) in [6, 6.07) is 0.940. The minimum atomic E-state index is -1.73. The highest BCUT2D eigenvalue weighted by molar-refractivity contribution is 9.10. The molecule has 0 unspecified atom stereocenters. The van der Waals surface area contributed by atoms with Crippen LogP contribution in [0.5, 0.6) is 11.5 Å². The second-order valence-corrected chi connectivity index (χ2v) is 4.00. The number of hydrogen-bond acceptors (Lipinski definition) is 4. The predicted octanol–water partition coefficient (Wildman–Crippen LogP) is 1.63. The van der Waals surface area contributed by atoms with Crippen LogP contribution in [0.1, 0.15) is 10.4 Å². The fraction of sp³-hybridized carbons (Fsp3) is 0.200. The van der Waals surface area contributed by atoms with E-state index in [0.29, 0.717) is 0 Å². The van der Waals surface area contributed by atoms with Crippen molar-refractivity contribution < 1.29 is 28.6 Å². The SMILES string of the molecule is O=C(O)C(=O)c1c(F)cc2c(c1Br)OCCO2. The summed E-state index contributed by atoms with van der Waals surface area (Å²) in [5.74, 6) is -3.76. The Morgan fingerprint density at radius 3 is 2.65 bits per heavy atom. The predicted molar refractivity (Wildman–Crippen MR) is 57.1 cm³/mol. The molecule has 1 N–H and O–H groups in total. The van der Waals surface area contributed by atoms with Gasteiger partial charge < -0.3 is 14.6 Å². The van der Waals surface area contributed by atoms with Crippen LogP contribution < -0.4 is 9.47 Å². The van der Waals surface area contributed by atoms with Crippen LogP contribution in [0.15, 0.2) is 10.5 Å². The van der Waals surface area contributed by atoms with Gasteiger partial charge in [0.25, 0.3) is 5.78 Å². The minimum absolute atomic E-state index is 0.0420. The van der Waals surface area contributed by atoms with Crippen molar-refractivity contribution in [1.29, 1.82) is 0 Å². The second-order valence-electron chi connectivity index (χ2n) is 3.21. The molecule has 0 saturated carbocycles. The van der Waals surface area contributed by atoms with Crippen molar-refractivity contribution in [2.75, 3.05) is 13.2 Å². The molecule has 0 atom stereocenters. The number of hydrogen-bond donors (Lipinski definition) is 1. The van der Waals surface area contributed by atoms with Crippen molar-refractivity contribution >= 4 is 27.7 Å². The van der Waals surface area contributed by atoms with E-state index in [2.05, 4.69) is 15.9 Å². The lowest BCUT2D eigenvalue weighted by atomic mass is 10.1. The molecule has 1 aromatic carbocycles. The number of Topliss-reactive ketones (excluding diaryl/α,β-unsaturated/α-hetero) is 1. The number of halogens is 2. The summed E-state index contributed by atoms with van der Waals surface area (Å²) in [7, 11) is 0. The van der Waals surface area contributed by atoms with Gasteiger partial charge >= 0.3 is 5.97 Å². The number of fused-ring (bicyclic) bond motifs is 1. The van der Waals surface area contributed by atoms with Crippen LogP contribution >= 0.6 is 15.9 Å². The monoisotopic (exact) mass is 304 g/mol. The maximum Gasteiger partial charge on any atom is 0.377 e. The quantitative estimate of drug-likeness (QED) is 0.664. The third kappa shape index (κ3) is 1.97. The molecule has 7 heteroatoms. The van der Waals surface area contributed by atoms with Crippen molar-refractivity contribution in [3.05, 3.63) is 21.9 Å². The molecule has 0 aliphatic carbocycles. The number of carboxylic acid groups (broad SMARTS) is 1. The molecule has 0 aromatic heterocycles.